The van der Waals surface area contributed by atoms with Gasteiger partial charge in [-0.05, 0) is 40.4 Å². The number of anilines is 1. The van der Waals surface area contributed by atoms with E-state index in [0.717, 1.165) is 6.54 Å². The Bertz CT molecular complexity index is 720. The van der Waals surface area contributed by atoms with Crippen LogP contribution in [0.25, 0.3) is 0 Å². The molecule has 1 fully saturated rings. The third-order valence-corrected chi connectivity index (χ3v) is 5.92. The first-order chi connectivity index (χ1) is 11.7. The highest BCUT2D eigenvalue weighted by atomic mass is 32.2. The van der Waals surface area contributed by atoms with Crippen LogP contribution in [0.15, 0.2) is 6.07 Å². The van der Waals surface area contributed by atoms with Crippen molar-refractivity contribution in [2.24, 2.45) is 0 Å². The summed E-state index contributed by atoms with van der Waals surface area (Å²) < 4.78 is 23.5. The lowest BCUT2D eigenvalue weighted by Gasteiger charge is -2.27. The molecule has 1 amide bonds. The van der Waals surface area contributed by atoms with E-state index in [2.05, 4.69) is 15.3 Å². The van der Waals surface area contributed by atoms with Gasteiger partial charge >= 0.3 is 0 Å². The minimum absolute atomic E-state index is 0.114. The molecule has 0 spiro atoms. The zero-order chi connectivity index (χ0) is 18.6. The molecule has 1 aliphatic rings. The van der Waals surface area contributed by atoms with Crippen LogP contribution in [0.4, 0.5) is 5.95 Å². The van der Waals surface area contributed by atoms with Gasteiger partial charge in [0.25, 0.3) is 5.91 Å². The molecule has 1 aliphatic heterocycles. The Labute approximate surface area is 149 Å². The van der Waals surface area contributed by atoms with Gasteiger partial charge in [0.15, 0.2) is 9.84 Å². The van der Waals surface area contributed by atoms with Crippen LogP contribution in [0.5, 0.6) is 0 Å². The first-order valence-electron chi connectivity index (χ1n) is 8.47. The molecule has 8 nitrogen and oxygen atoms in total. The van der Waals surface area contributed by atoms with E-state index >= 15 is 0 Å². The molecular formula is C16H27N5O3S. The van der Waals surface area contributed by atoms with Gasteiger partial charge in [-0.15, -0.1) is 0 Å². The number of hydrogen-bond donors (Lipinski definition) is 1. The highest BCUT2D eigenvalue weighted by Gasteiger charge is 2.33. The van der Waals surface area contributed by atoms with Crippen molar-refractivity contribution in [1.82, 2.24) is 20.2 Å². The van der Waals surface area contributed by atoms with Crippen molar-refractivity contribution in [2.45, 2.75) is 26.3 Å². The number of carbonyl (C=O) groups excluding carboxylic acids is 1. The van der Waals surface area contributed by atoms with E-state index in [1.54, 1.807) is 13.0 Å². The molecule has 1 unspecified atom stereocenters. The summed E-state index contributed by atoms with van der Waals surface area (Å²) in [6.45, 7) is 5.60. The van der Waals surface area contributed by atoms with Crippen molar-refractivity contribution in [3.05, 3.63) is 17.5 Å². The predicted molar refractivity (Wildman–Crippen MR) is 97.7 cm³/mol. The molecule has 0 aromatic carbocycles. The molecule has 0 radical (unpaired) electrons. The second-order valence-electron chi connectivity index (χ2n) is 6.60. The van der Waals surface area contributed by atoms with Crippen LogP contribution in [0.2, 0.25) is 0 Å². The molecule has 2 rings (SSSR count). The van der Waals surface area contributed by atoms with Crippen molar-refractivity contribution in [3.63, 3.8) is 0 Å². The van der Waals surface area contributed by atoms with Crippen LogP contribution in [0, 0.1) is 6.92 Å². The van der Waals surface area contributed by atoms with E-state index in [-0.39, 0.29) is 23.5 Å². The van der Waals surface area contributed by atoms with Crippen molar-refractivity contribution in [2.75, 3.05) is 50.1 Å². The van der Waals surface area contributed by atoms with E-state index in [9.17, 15) is 13.2 Å². The van der Waals surface area contributed by atoms with Gasteiger partial charge in [-0.25, -0.2) is 18.4 Å². The molecule has 1 aromatic heterocycles. The highest BCUT2D eigenvalue weighted by molar-refractivity contribution is 7.91. The summed E-state index contributed by atoms with van der Waals surface area (Å²) in [6.07, 6.45) is 0.567. The number of aryl methyl sites for hydroxylation is 1. The number of hydrogen-bond acceptors (Lipinski definition) is 7. The Morgan fingerprint density at radius 2 is 2.08 bits per heavy atom. The fourth-order valence-electron chi connectivity index (χ4n) is 2.87. The summed E-state index contributed by atoms with van der Waals surface area (Å²) in [5.74, 6) is 0.478. The maximum absolute atomic E-state index is 12.3. The SMILES string of the molecule is CCN(c1nc(C)cc(C(=O)NCCN(C)C)n1)C1CCS(=O)(=O)C1. The lowest BCUT2D eigenvalue weighted by Crippen LogP contribution is -2.38. The van der Waals surface area contributed by atoms with E-state index in [1.165, 1.54) is 0 Å². The first-order valence-corrected chi connectivity index (χ1v) is 10.3. The van der Waals surface area contributed by atoms with Crippen molar-refractivity contribution >= 4 is 21.7 Å². The third kappa shape index (κ3) is 5.37. The number of amides is 1. The van der Waals surface area contributed by atoms with Gasteiger partial charge in [0, 0.05) is 31.4 Å². The number of likely N-dealkylation sites (N-methyl/N-ethyl adjacent to an activating group) is 1. The molecule has 1 N–H and O–H groups in total. The van der Waals surface area contributed by atoms with Crippen LogP contribution in [-0.2, 0) is 9.84 Å². The van der Waals surface area contributed by atoms with Crippen molar-refractivity contribution in [1.29, 1.82) is 0 Å². The number of nitrogens with one attached hydrogen (secondary N) is 1. The van der Waals surface area contributed by atoms with E-state index < -0.39 is 9.84 Å². The topological polar surface area (TPSA) is 95.5 Å². The van der Waals surface area contributed by atoms with Crippen molar-refractivity contribution < 1.29 is 13.2 Å². The predicted octanol–water partition coefficient (Wildman–Crippen LogP) is 0.0898. The smallest absolute Gasteiger partial charge is 0.270 e. The number of sulfone groups is 1. The molecule has 1 aromatic rings. The number of nitrogens with zero attached hydrogens (tertiary/aromatic N) is 4. The molecule has 0 aliphatic carbocycles. The van der Waals surface area contributed by atoms with Crippen molar-refractivity contribution in [3.8, 4) is 0 Å². The highest BCUT2D eigenvalue weighted by Crippen LogP contribution is 2.22. The number of aromatic nitrogens is 2. The summed E-state index contributed by atoms with van der Waals surface area (Å²) in [4.78, 5) is 25.0. The van der Waals surface area contributed by atoms with Crippen LogP contribution in [0.3, 0.4) is 0 Å². The fourth-order valence-corrected chi connectivity index (χ4v) is 4.60. The maximum atomic E-state index is 12.3. The summed E-state index contributed by atoms with van der Waals surface area (Å²) >= 11 is 0. The molecule has 25 heavy (non-hydrogen) atoms. The summed E-state index contributed by atoms with van der Waals surface area (Å²) in [5.41, 5.74) is 0.989. The minimum Gasteiger partial charge on any atom is -0.349 e. The first kappa shape index (κ1) is 19.6. The molecule has 140 valence electrons. The van der Waals surface area contributed by atoms with Gasteiger partial charge in [0.1, 0.15) is 5.69 Å². The van der Waals surface area contributed by atoms with Gasteiger partial charge in [0.2, 0.25) is 5.95 Å². The Hall–Kier alpha value is -1.74. The molecule has 1 saturated heterocycles. The largest absolute Gasteiger partial charge is 0.349 e. The quantitative estimate of drug-likeness (QED) is 0.728. The maximum Gasteiger partial charge on any atom is 0.270 e. The Morgan fingerprint density at radius 1 is 1.36 bits per heavy atom. The third-order valence-electron chi connectivity index (χ3n) is 4.17. The van der Waals surface area contributed by atoms with E-state index in [0.29, 0.717) is 36.8 Å². The molecular weight excluding hydrogens is 342 g/mol. The van der Waals surface area contributed by atoms with Gasteiger partial charge in [-0.1, -0.05) is 0 Å². The average Bonchev–Trinajstić information content (AvgIpc) is 2.87. The minimum atomic E-state index is -3.00. The summed E-state index contributed by atoms with van der Waals surface area (Å²) in [6, 6.07) is 1.51. The molecule has 2 heterocycles. The zero-order valence-electron chi connectivity index (χ0n) is 15.3. The van der Waals surface area contributed by atoms with E-state index in [1.807, 2.05) is 30.8 Å². The Kier molecular flexibility index (Phi) is 6.34. The second kappa shape index (κ2) is 8.09. The van der Waals surface area contributed by atoms with Gasteiger partial charge in [-0.3, -0.25) is 4.79 Å². The van der Waals surface area contributed by atoms with E-state index in [4.69, 9.17) is 0 Å². The van der Waals surface area contributed by atoms with Gasteiger partial charge in [-0.2, -0.15) is 0 Å². The fraction of sp³-hybridized carbons (Fsp3) is 0.688. The van der Waals surface area contributed by atoms with Gasteiger partial charge in [0.05, 0.1) is 11.5 Å². The van der Waals surface area contributed by atoms with Crippen LogP contribution >= 0.6 is 0 Å². The normalized spacial score (nSPS) is 19.2. The Morgan fingerprint density at radius 3 is 2.64 bits per heavy atom. The standard InChI is InChI=1S/C16H27N5O3S/c1-5-21(13-6-9-25(23,24)11-13)16-18-12(2)10-14(19-16)15(22)17-7-8-20(3)4/h10,13H,5-9,11H2,1-4H3,(H,17,22). The summed E-state index contributed by atoms with van der Waals surface area (Å²) in [5, 5.41) is 2.84. The Balaban J connectivity index is 2.18. The lowest BCUT2D eigenvalue weighted by molar-refractivity contribution is 0.0945. The molecule has 9 heteroatoms. The van der Waals surface area contributed by atoms with Crippen LogP contribution in [-0.4, -0.2) is 80.5 Å². The molecule has 1 atom stereocenters. The molecule has 0 bridgehead atoms. The zero-order valence-corrected chi connectivity index (χ0v) is 16.1. The van der Waals surface area contributed by atoms with Gasteiger partial charge < -0.3 is 15.1 Å². The average molecular weight is 369 g/mol. The molecule has 0 saturated carbocycles. The monoisotopic (exact) mass is 369 g/mol. The second-order valence-corrected chi connectivity index (χ2v) is 8.83. The number of carbonyl (C=O) groups is 1. The van der Waals surface area contributed by atoms with Crippen LogP contribution < -0.4 is 10.2 Å². The number of rotatable bonds is 7. The van der Waals surface area contributed by atoms with Crippen LogP contribution in [0.1, 0.15) is 29.5 Å². The summed E-state index contributed by atoms with van der Waals surface area (Å²) in [7, 11) is 0.880. The lowest BCUT2D eigenvalue weighted by atomic mass is 10.2.